The van der Waals surface area contributed by atoms with Gasteiger partial charge in [0.2, 0.25) is 0 Å². The summed E-state index contributed by atoms with van der Waals surface area (Å²) in [7, 11) is 0. The van der Waals surface area contributed by atoms with E-state index in [4.69, 9.17) is 16.3 Å². The number of carbonyl (C=O) groups excluding carboxylic acids is 3. The Kier molecular flexibility index (Phi) is 5.95. The minimum absolute atomic E-state index is 0.0977. The predicted octanol–water partition coefficient (Wildman–Crippen LogP) is 4.18. The summed E-state index contributed by atoms with van der Waals surface area (Å²) in [5, 5.41) is 12.6. The molecule has 0 aromatic heterocycles. The smallest absolute Gasteiger partial charge is 0.335 e. The van der Waals surface area contributed by atoms with Crippen LogP contribution in [0.15, 0.2) is 40.4 Å². The maximum absolute atomic E-state index is 13.0. The van der Waals surface area contributed by atoms with Gasteiger partial charge in [-0.3, -0.25) is 14.9 Å². The molecular formula is C20H16BrClN2O5. The standard InChI is InChI=1S/C20H16BrClN2O5/c1-3-29-16-8-11(7-14(21)17(16)25)6-13-18(26)23-20(28)24(19(13)27)12-5-4-10(2)15(22)9-12/h4-9,25H,3H2,1-2H3,(H,23,26,28)/b13-6-. The lowest BCUT2D eigenvalue weighted by Crippen LogP contribution is -2.54. The second kappa shape index (κ2) is 8.26. The number of nitrogens with one attached hydrogen (secondary N) is 1. The first kappa shape index (κ1) is 20.9. The Hall–Kier alpha value is -2.84. The van der Waals surface area contributed by atoms with Crippen molar-refractivity contribution in [1.82, 2.24) is 5.32 Å². The number of barbiturate groups is 1. The third-order valence-electron chi connectivity index (χ3n) is 4.18. The minimum atomic E-state index is -0.862. The lowest BCUT2D eigenvalue weighted by atomic mass is 10.1. The normalized spacial score (nSPS) is 15.7. The van der Waals surface area contributed by atoms with Crippen LogP contribution in [0.25, 0.3) is 6.08 Å². The first-order valence-corrected chi connectivity index (χ1v) is 9.73. The van der Waals surface area contributed by atoms with Crippen molar-refractivity contribution in [2.75, 3.05) is 11.5 Å². The molecule has 0 radical (unpaired) electrons. The first-order valence-electron chi connectivity index (χ1n) is 8.55. The number of anilines is 1. The summed E-state index contributed by atoms with van der Waals surface area (Å²) in [5.74, 6) is -1.52. The fourth-order valence-electron chi connectivity index (χ4n) is 2.72. The lowest BCUT2D eigenvalue weighted by Gasteiger charge is -2.26. The van der Waals surface area contributed by atoms with Gasteiger partial charge in [-0.15, -0.1) is 0 Å². The molecule has 0 unspecified atom stereocenters. The van der Waals surface area contributed by atoms with Crippen LogP contribution in [0.3, 0.4) is 0 Å². The summed E-state index contributed by atoms with van der Waals surface area (Å²) in [4.78, 5) is 38.4. The SMILES string of the molecule is CCOc1cc(/C=C2/C(=O)NC(=O)N(c3ccc(C)c(Cl)c3)C2=O)cc(Br)c1O. The maximum atomic E-state index is 13.0. The Morgan fingerprint density at radius 3 is 2.62 bits per heavy atom. The van der Waals surface area contributed by atoms with Crippen molar-refractivity contribution < 1.29 is 24.2 Å². The van der Waals surface area contributed by atoms with Gasteiger partial charge in [0, 0.05) is 5.02 Å². The molecule has 1 aliphatic heterocycles. The maximum Gasteiger partial charge on any atom is 0.335 e. The summed E-state index contributed by atoms with van der Waals surface area (Å²) < 4.78 is 5.69. The van der Waals surface area contributed by atoms with Crippen molar-refractivity contribution in [2.45, 2.75) is 13.8 Å². The molecule has 2 N–H and O–H groups in total. The Balaban J connectivity index is 2.05. The number of urea groups is 1. The van der Waals surface area contributed by atoms with Gasteiger partial charge in [0.05, 0.1) is 16.8 Å². The third-order valence-corrected chi connectivity index (χ3v) is 5.19. The van der Waals surface area contributed by atoms with Crippen LogP contribution in [0, 0.1) is 6.92 Å². The van der Waals surface area contributed by atoms with Gasteiger partial charge in [-0.05, 0) is 71.2 Å². The Labute approximate surface area is 180 Å². The van der Waals surface area contributed by atoms with Gasteiger partial charge in [0.15, 0.2) is 11.5 Å². The van der Waals surface area contributed by atoms with E-state index in [0.717, 1.165) is 10.5 Å². The number of amides is 4. The molecule has 3 rings (SSSR count). The molecule has 1 saturated heterocycles. The number of hydrogen-bond donors (Lipinski definition) is 2. The minimum Gasteiger partial charge on any atom is -0.503 e. The molecule has 4 amide bonds. The third kappa shape index (κ3) is 4.13. The molecule has 0 spiro atoms. The Bertz CT molecular complexity index is 1070. The molecule has 0 saturated carbocycles. The number of carbonyl (C=O) groups is 3. The van der Waals surface area contributed by atoms with Crippen LogP contribution in [0.5, 0.6) is 11.5 Å². The number of hydrogen-bond acceptors (Lipinski definition) is 5. The van der Waals surface area contributed by atoms with E-state index in [2.05, 4.69) is 21.2 Å². The van der Waals surface area contributed by atoms with E-state index in [-0.39, 0.29) is 22.8 Å². The molecule has 1 fully saturated rings. The van der Waals surface area contributed by atoms with E-state index in [0.29, 0.717) is 21.7 Å². The van der Waals surface area contributed by atoms with Crippen LogP contribution in [0.4, 0.5) is 10.5 Å². The molecule has 2 aromatic carbocycles. The van der Waals surface area contributed by atoms with Gasteiger partial charge in [0.1, 0.15) is 5.57 Å². The number of rotatable bonds is 4. The van der Waals surface area contributed by atoms with Crippen molar-refractivity contribution in [2.24, 2.45) is 0 Å². The highest BCUT2D eigenvalue weighted by Crippen LogP contribution is 2.36. The number of aromatic hydroxyl groups is 1. The molecule has 150 valence electrons. The summed E-state index contributed by atoms with van der Waals surface area (Å²) in [6.45, 7) is 3.86. The Morgan fingerprint density at radius 2 is 1.97 bits per heavy atom. The molecule has 2 aromatic rings. The topological polar surface area (TPSA) is 95.9 Å². The highest BCUT2D eigenvalue weighted by Gasteiger charge is 2.37. The number of imide groups is 2. The van der Waals surface area contributed by atoms with E-state index >= 15 is 0 Å². The van der Waals surface area contributed by atoms with Crippen molar-refractivity contribution in [3.63, 3.8) is 0 Å². The number of benzene rings is 2. The van der Waals surface area contributed by atoms with Crippen molar-refractivity contribution in [3.8, 4) is 11.5 Å². The number of ether oxygens (including phenoxy) is 1. The number of nitrogens with zero attached hydrogens (tertiary/aromatic N) is 1. The number of phenolic OH excluding ortho intramolecular Hbond substituents is 1. The molecule has 1 aliphatic rings. The van der Waals surface area contributed by atoms with Crippen LogP contribution >= 0.6 is 27.5 Å². The average molecular weight is 480 g/mol. The molecule has 1 heterocycles. The molecule has 0 atom stereocenters. The quantitative estimate of drug-likeness (QED) is 0.507. The zero-order valence-corrected chi connectivity index (χ0v) is 17.8. The molecular weight excluding hydrogens is 464 g/mol. The van der Waals surface area contributed by atoms with Crippen molar-refractivity contribution >= 4 is 57.1 Å². The average Bonchev–Trinajstić information content (AvgIpc) is 2.65. The van der Waals surface area contributed by atoms with E-state index in [1.807, 2.05) is 0 Å². The summed E-state index contributed by atoms with van der Waals surface area (Å²) in [5.41, 5.74) is 1.20. The van der Waals surface area contributed by atoms with Gasteiger partial charge in [-0.2, -0.15) is 0 Å². The predicted molar refractivity (Wildman–Crippen MR) is 112 cm³/mol. The summed E-state index contributed by atoms with van der Waals surface area (Å²) in [6.07, 6.45) is 1.32. The van der Waals surface area contributed by atoms with Gasteiger partial charge >= 0.3 is 6.03 Å². The monoisotopic (exact) mass is 478 g/mol. The summed E-state index contributed by atoms with van der Waals surface area (Å²) in [6, 6.07) is 6.86. The van der Waals surface area contributed by atoms with Gasteiger partial charge in [-0.1, -0.05) is 17.7 Å². The van der Waals surface area contributed by atoms with E-state index < -0.39 is 17.8 Å². The largest absolute Gasteiger partial charge is 0.503 e. The molecule has 29 heavy (non-hydrogen) atoms. The molecule has 0 bridgehead atoms. The molecule has 9 heteroatoms. The van der Waals surface area contributed by atoms with Crippen LogP contribution in [-0.2, 0) is 9.59 Å². The zero-order valence-electron chi connectivity index (χ0n) is 15.5. The highest BCUT2D eigenvalue weighted by atomic mass is 79.9. The highest BCUT2D eigenvalue weighted by molar-refractivity contribution is 9.10. The van der Waals surface area contributed by atoms with E-state index in [1.165, 1.54) is 24.3 Å². The lowest BCUT2D eigenvalue weighted by molar-refractivity contribution is -0.122. The van der Waals surface area contributed by atoms with Crippen molar-refractivity contribution in [3.05, 3.63) is 56.5 Å². The summed E-state index contributed by atoms with van der Waals surface area (Å²) >= 11 is 9.32. The molecule has 0 aliphatic carbocycles. The zero-order chi connectivity index (χ0) is 21.3. The van der Waals surface area contributed by atoms with Crippen LogP contribution < -0.4 is 15.0 Å². The second-order valence-electron chi connectivity index (χ2n) is 6.17. The first-order chi connectivity index (χ1) is 13.7. The van der Waals surface area contributed by atoms with Gasteiger partial charge < -0.3 is 9.84 Å². The Morgan fingerprint density at radius 1 is 1.24 bits per heavy atom. The van der Waals surface area contributed by atoms with E-state index in [9.17, 15) is 19.5 Å². The second-order valence-corrected chi connectivity index (χ2v) is 7.44. The number of phenols is 1. The fraction of sp³-hybridized carbons (Fsp3) is 0.150. The number of halogens is 2. The molecule has 7 nitrogen and oxygen atoms in total. The van der Waals surface area contributed by atoms with Crippen molar-refractivity contribution in [1.29, 1.82) is 0 Å². The number of aryl methyl sites for hydroxylation is 1. The van der Waals surface area contributed by atoms with Crippen LogP contribution in [-0.4, -0.2) is 29.6 Å². The van der Waals surface area contributed by atoms with Gasteiger partial charge in [-0.25, -0.2) is 9.69 Å². The van der Waals surface area contributed by atoms with Gasteiger partial charge in [0.25, 0.3) is 11.8 Å². The van der Waals surface area contributed by atoms with E-state index in [1.54, 1.807) is 26.0 Å². The van der Waals surface area contributed by atoms with Crippen LogP contribution in [0.2, 0.25) is 5.02 Å². The fourth-order valence-corrected chi connectivity index (χ4v) is 3.36. The van der Waals surface area contributed by atoms with Crippen LogP contribution in [0.1, 0.15) is 18.1 Å².